The van der Waals surface area contributed by atoms with Crippen LogP contribution in [0.25, 0.3) is 11.3 Å². The number of aromatic nitrogens is 2. The molecule has 6 nitrogen and oxygen atoms in total. The molecular formula is C16H22N4O2. The van der Waals surface area contributed by atoms with Crippen LogP contribution in [0.4, 0.5) is 10.5 Å². The average molecular weight is 302 g/mol. The zero-order valence-corrected chi connectivity index (χ0v) is 13.6. The first kappa shape index (κ1) is 15.9. The first-order valence-electron chi connectivity index (χ1n) is 7.09. The molecule has 1 aromatic carbocycles. The van der Waals surface area contributed by atoms with E-state index in [-0.39, 0.29) is 0 Å². The lowest BCUT2D eigenvalue weighted by atomic mass is 10.1. The topological polar surface area (TPSA) is 59.4 Å². The summed E-state index contributed by atoms with van der Waals surface area (Å²) in [5.74, 6) is 0. The van der Waals surface area contributed by atoms with E-state index in [1.165, 1.54) is 0 Å². The minimum absolute atomic E-state index is 0.502. The van der Waals surface area contributed by atoms with Crippen molar-refractivity contribution < 1.29 is 9.53 Å². The third kappa shape index (κ3) is 4.00. The summed E-state index contributed by atoms with van der Waals surface area (Å²) in [5, 5.41) is 6.08. The van der Waals surface area contributed by atoms with E-state index in [1.807, 2.05) is 64.3 Å². The Labute approximate surface area is 130 Å². The van der Waals surface area contributed by atoms with Crippen molar-refractivity contribution >= 4 is 11.8 Å². The quantitative estimate of drug-likeness (QED) is 0.886. The normalized spacial score (nSPS) is 11.1. The van der Waals surface area contributed by atoms with Gasteiger partial charge in [-0.2, -0.15) is 5.10 Å². The number of hydrazine groups is 1. The van der Waals surface area contributed by atoms with Gasteiger partial charge in [0.25, 0.3) is 0 Å². The standard InChI is InChI=1S/C16H22N4O2/c1-16(2,3)22-15(21)18-20(5)13-11-19(4)17-14(13)12-9-7-6-8-10-12/h6-11H,1-5H3,(H,18,21). The molecule has 0 atom stereocenters. The average Bonchev–Trinajstić information content (AvgIpc) is 2.79. The lowest BCUT2D eigenvalue weighted by Crippen LogP contribution is -2.42. The van der Waals surface area contributed by atoms with Crippen molar-refractivity contribution in [2.75, 3.05) is 12.1 Å². The zero-order valence-electron chi connectivity index (χ0n) is 13.6. The van der Waals surface area contributed by atoms with Crippen LogP contribution in [0.15, 0.2) is 36.5 Å². The molecule has 2 rings (SSSR count). The molecule has 1 amide bonds. The summed E-state index contributed by atoms with van der Waals surface area (Å²) in [6.45, 7) is 5.48. The van der Waals surface area contributed by atoms with Crippen LogP contribution in [0.3, 0.4) is 0 Å². The molecule has 6 heteroatoms. The van der Waals surface area contributed by atoms with Gasteiger partial charge in [-0.15, -0.1) is 0 Å². The first-order valence-corrected chi connectivity index (χ1v) is 7.09. The van der Waals surface area contributed by atoms with Crippen LogP contribution in [0.1, 0.15) is 20.8 Å². The second-order valence-corrected chi connectivity index (χ2v) is 6.08. The molecule has 0 radical (unpaired) electrons. The van der Waals surface area contributed by atoms with Crippen molar-refractivity contribution in [1.82, 2.24) is 15.2 Å². The van der Waals surface area contributed by atoms with Gasteiger partial charge < -0.3 is 4.74 Å². The fourth-order valence-electron chi connectivity index (χ4n) is 2.02. The molecule has 1 heterocycles. The van der Waals surface area contributed by atoms with Crippen molar-refractivity contribution in [3.05, 3.63) is 36.5 Å². The molecule has 0 saturated heterocycles. The van der Waals surface area contributed by atoms with Gasteiger partial charge in [0.2, 0.25) is 0 Å². The van der Waals surface area contributed by atoms with Gasteiger partial charge in [-0.3, -0.25) is 9.69 Å². The van der Waals surface area contributed by atoms with Crippen LogP contribution in [0.2, 0.25) is 0 Å². The number of ether oxygens (including phenoxy) is 1. The minimum Gasteiger partial charge on any atom is -0.443 e. The molecule has 118 valence electrons. The summed E-state index contributed by atoms with van der Waals surface area (Å²) >= 11 is 0. The number of aryl methyl sites for hydroxylation is 1. The number of rotatable bonds is 3. The Bertz CT molecular complexity index is 644. The van der Waals surface area contributed by atoms with Crippen LogP contribution >= 0.6 is 0 Å². The van der Waals surface area contributed by atoms with E-state index in [2.05, 4.69) is 10.5 Å². The number of carbonyl (C=O) groups excluding carboxylic acids is 1. The molecule has 0 aliphatic heterocycles. The van der Waals surface area contributed by atoms with Gasteiger partial charge in [-0.1, -0.05) is 30.3 Å². The highest BCUT2D eigenvalue weighted by molar-refractivity contribution is 5.77. The molecule has 0 saturated carbocycles. The molecule has 0 spiro atoms. The molecule has 0 aliphatic carbocycles. The predicted molar refractivity (Wildman–Crippen MR) is 86.4 cm³/mol. The summed E-state index contributed by atoms with van der Waals surface area (Å²) in [6, 6.07) is 9.82. The largest absolute Gasteiger partial charge is 0.443 e. The number of anilines is 1. The predicted octanol–water partition coefficient (Wildman–Crippen LogP) is 2.96. The SMILES string of the molecule is CN(NC(=O)OC(C)(C)C)c1cn(C)nc1-c1ccccc1. The van der Waals surface area contributed by atoms with Crippen LogP contribution < -0.4 is 10.4 Å². The van der Waals surface area contributed by atoms with Gasteiger partial charge in [0.05, 0.1) is 6.20 Å². The maximum atomic E-state index is 11.9. The van der Waals surface area contributed by atoms with Crippen molar-refractivity contribution in [3.63, 3.8) is 0 Å². The van der Waals surface area contributed by atoms with Crippen LogP contribution in [0.5, 0.6) is 0 Å². The summed E-state index contributed by atoms with van der Waals surface area (Å²) in [6.07, 6.45) is 1.34. The number of nitrogens with one attached hydrogen (secondary N) is 1. The Kier molecular flexibility index (Phi) is 4.40. The molecule has 0 fully saturated rings. The Balaban J connectivity index is 2.20. The number of amides is 1. The molecule has 0 aliphatic rings. The highest BCUT2D eigenvalue weighted by Crippen LogP contribution is 2.27. The van der Waals surface area contributed by atoms with Gasteiger partial charge in [0, 0.05) is 19.7 Å². The number of benzene rings is 1. The summed E-state index contributed by atoms with van der Waals surface area (Å²) < 4.78 is 6.98. The maximum Gasteiger partial charge on any atom is 0.426 e. The van der Waals surface area contributed by atoms with Crippen molar-refractivity contribution in [1.29, 1.82) is 0 Å². The maximum absolute atomic E-state index is 11.9. The molecule has 1 aromatic heterocycles. The monoisotopic (exact) mass is 302 g/mol. The van der Waals surface area contributed by atoms with E-state index in [0.717, 1.165) is 16.9 Å². The van der Waals surface area contributed by atoms with E-state index in [4.69, 9.17) is 4.74 Å². The van der Waals surface area contributed by atoms with Gasteiger partial charge in [0.15, 0.2) is 0 Å². The Hall–Kier alpha value is -2.50. The fraction of sp³-hybridized carbons (Fsp3) is 0.375. The Morgan fingerprint density at radius 3 is 2.50 bits per heavy atom. The summed E-state index contributed by atoms with van der Waals surface area (Å²) in [7, 11) is 3.60. The zero-order chi connectivity index (χ0) is 16.3. The molecule has 1 N–H and O–H groups in total. The van der Waals surface area contributed by atoms with Gasteiger partial charge in [0.1, 0.15) is 17.0 Å². The smallest absolute Gasteiger partial charge is 0.426 e. The second-order valence-electron chi connectivity index (χ2n) is 6.08. The number of hydrogen-bond donors (Lipinski definition) is 1. The first-order chi connectivity index (χ1) is 10.3. The number of hydrogen-bond acceptors (Lipinski definition) is 4. The van der Waals surface area contributed by atoms with E-state index < -0.39 is 11.7 Å². The van der Waals surface area contributed by atoms with Gasteiger partial charge in [-0.25, -0.2) is 10.2 Å². The number of carbonyl (C=O) groups is 1. The molecule has 0 bridgehead atoms. The van der Waals surface area contributed by atoms with E-state index in [9.17, 15) is 4.79 Å². The van der Waals surface area contributed by atoms with Crippen molar-refractivity contribution in [2.45, 2.75) is 26.4 Å². The van der Waals surface area contributed by atoms with Gasteiger partial charge >= 0.3 is 6.09 Å². The Morgan fingerprint density at radius 1 is 1.27 bits per heavy atom. The number of nitrogens with zero attached hydrogens (tertiary/aromatic N) is 3. The van der Waals surface area contributed by atoms with E-state index in [1.54, 1.807) is 16.7 Å². The summed E-state index contributed by atoms with van der Waals surface area (Å²) in [4.78, 5) is 11.9. The van der Waals surface area contributed by atoms with Crippen LogP contribution in [-0.4, -0.2) is 28.5 Å². The molecule has 22 heavy (non-hydrogen) atoms. The van der Waals surface area contributed by atoms with E-state index in [0.29, 0.717) is 0 Å². The van der Waals surface area contributed by atoms with Crippen LogP contribution in [-0.2, 0) is 11.8 Å². The summed E-state index contributed by atoms with van der Waals surface area (Å²) in [5.41, 5.74) is 4.72. The third-order valence-electron chi connectivity index (χ3n) is 2.88. The minimum atomic E-state index is -0.540. The molecule has 0 unspecified atom stereocenters. The van der Waals surface area contributed by atoms with Crippen molar-refractivity contribution in [2.24, 2.45) is 7.05 Å². The second kappa shape index (κ2) is 6.09. The van der Waals surface area contributed by atoms with E-state index >= 15 is 0 Å². The highest BCUT2D eigenvalue weighted by Gasteiger charge is 2.20. The van der Waals surface area contributed by atoms with Crippen molar-refractivity contribution in [3.8, 4) is 11.3 Å². The Morgan fingerprint density at radius 2 is 1.91 bits per heavy atom. The fourth-order valence-corrected chi connectivity index (χ4v) is 2.02. The lowest BCUT2D eigenvalue weighted by molar-refractivity contribution is 0.0524. The molecular weight excluding hydrogens is 280 g/mol. The van der Waals surface area contributed by atoms with Gasteiger partial charge in [-0.05, 0) is 20.8 Å². The highest BCUT2D eigenvalue weighted by atomic mass is 16.6. The molecule has 2 aromatic rings. The lowest BCUT2D eigenvalue weighted by Gasteiger charge is -2.24. The van der Waals surface area contributed by atoms with Crippen LogP contribution in [0, 0.1) is 0 Å². The third-order valence-corrected chi connectivity index (χ3v) is 2.88.